The van der Waals surface area contributed by atoms with Crippen LogP contribution in [0.3, 0.4) is 0 Å². The van der Waals surface area contributed by atoms with Crippen LogP contribution >= 0.6 is 0 Å². The molecule has 0 bridgehead atoms. The van der Waals surface area contributed by atoms with E-state index < -0.39 is 21.8 Å². The molecule has 0 saturated carbocycles. The zero-order valence-electron chi connectivity index (χ0n) is 18.7. The number of ether oxygens (including phenoxy) is 2. The van der Waals surface area contributed by atoms with Crippen LogP contribution in [0.25, 0.3) is 0 Å². The van der Waals surface area contributed by atoms with E-state index >= 15 is 0 Å². The molecule has 182 valence electrons. The highest BCUT2D eigenvalue weighted by Crippen LogP contribution is 2.30. The lowest BCUT2D eigenvalue weighted by atomic mass is 10.0. The molecule has 1 heterocycles. The second-order valence-electron chi connectivity index (χ2n) is 8.06. The van der Waals surface area contributed by atoms with Crippen LogP contribution in [0.1, 0.15) is 24.0 Å². The van der Waals surface area contributed by atoms with Gasteiger partial charge in [0.05, 0.1) is 17.1 Å². The maximum atomic E-state index is 13.0. The Balaban J connectivity index is 1.56. The van der Waals surface area contributed by atoms with Crippen molar-refractivity contribution in [3.8, 4) is 5.75 Å². The first-order chi connectivity index (χ1) is 15.6. The molecule has 1 saturated heterocycles. The van der Waals surface area contributed by atoms with Crippen molar-refractivity contribution < 1.29 is 31.1 Å². The van der Waals surface area contributed by atoms with Crippen molar-refractivity contribution in [2.45, 2.75) is 36.5 Å². The summed E-state index contributed by atoms with van der Waals surface area (Å²) in [6.45, 7) is 1.89. The first kappa shape index (κ1) is 25.5. The SMILES string of the molecule is COCCOc1ccc(S(=O)(=O)N2CCC(N(C)Cc3cccc(C(F)(F)F)c3)CC2)cc1. The summed E-state index contributed by atoms with van der Waals surface area (Å²) >= 11 is 0. The Morgan fingerprint density at radius 2 is 1.73 bits per heavy atom. The lowest BCUT2D eigenvalue weighted by Gasteiger charge is -2.36. The lowest BCUT2D eigenvalue weighted by molar-refractivity contribution is -0.137. The van der Waals surface area contributed by atoms with E-state index in [9.17, 15) is 21.6 Å². The second-order valence-corrected chi connectivity index (χ2v) is 10.00. The predicted octanol–water partition coefficient (Wildman–Crippen LogP) is 4.02. The van der Waals surface area contributed by atoms with Crippen molar-refractivity contribution in [1.29, 1.82) is 0 Å². The molecule has 6 nitrogen and oxygen atoms in total. The minimum absolute atomic E-state index is 0.0857. The minimum atomic E-state index is -4.37. The molecule has 0 radical (unpaired) electrons. The van der Waals surface area contributed by atoms with E-state index in [1.807, 2.05) is 11.9 Å². The summed E-state index contributed by atoms with van der Waals surface area (Å²) in [6, 6.07) is 11.7. The van der Waals surface area contributed by atoms with Gasteiger partial charge in [0.1, 0.15) is 12.4 Å². The number of methoxy groups -OCH3 is 1. The van der Waals surface area contributed by atoms with Gasteiger partial charge in [-0.15, -0.1) is 0 Å². The van der Waals surface area contributed by atoms with E-state index in [4.69, 9.17) is 9.47 Å². The number of halogens is 3. The van der Waals surface area contributed by atoms with Crippen LogP contribution in [0.4, 0.5) is 13.2 Å². The van der Waals surface area contributed by atoms with Crippen LogP contribution in [0.5, 0.6) is 5.75 Å². The molecule has 0 unspecified atom stereocenters. The summed E-state index contributed by atoms with van der Waals surface area (Å²) in [4.78, 5) is 2.20. The third-order valence-electron chi connectivity index (χ3n) is 5.75. The fraction of sp³-hybridized carbons (Fsp3) is 0.478. The first-order valence-electron chi connectivity index (χ1n) is 10.7. The first-order valence-corrected chi connectivity index (χ1v) is 12.1. The Morgan fingerprint density at radius 3 is 2.33 bits per heavy atom. The molecule has 10 heteroatoms. The third-order valence-corrected chi connectivity index (χ3v) is 7.66. The number of benzene rings is 2. The average Bonchev–Trinajstić information content (AvgIpc) is 2.79. The van der Waals surface area contributed by atoms with E-state index in [0.717, 1.165) is 6.07 Å². The van der Waals surface area contributed by atoms with E-state index in [1.165, 1.54) is 28.6 Å². The van der Waals surface area contributed by atoms with Gasteiger partial charge in [0.15, 0.2) is 0 Å². The number of nitrogens with zero attached hydrogens (tertiary/aromatic N) is 2. The fourth-order valence-electron chi connectivity index (χ4n) is 3.89. The standard InChI is InChI=1S/C23H29F3N2O4S/c1-27(17-18-4-3-5-19(16-18)23(24,25)26)20-10-12-28(13-11-20)33(29,30)22-8-6-21(7-9-22)32-15-14-31-2/h3-9,16,20H,10-15,17H2,1-2H3. The van der Waals surface area contributed by atoms with Crippen molar-refractivity contribution in [3.63, 3.8) is 0 Å². The van der Waals surface area contributed by atoms with E-state index in [0.29, 0.717) is 57.0 Å². The number of piperidine rings is 1. The molecule has 1 aliphatic rings. The number of hydrogen-bond donors (Lipinski definition) is 0. The van der Waals surface area contributed by atoms with Gasteiger partial charge in [-0.1, -0.05) is 18.2 Å². The van der Waals surface area contributed by atoms with Gasteiger partial charge in [-0.05, 0) is 55.8 Å². The zero-order valence-corrected chi connectivity index (χ0v) is 19.5. The molecule has 0 spiro atoms. The zero-order chi connectivity index (χ0) is 24.1. The minimum Gasteiger partial charge on any atom is -0.491 e. The van der Waals surface area contributed by atoms with Crippen LogP contribution in [-0.2, 0) is 27.5 Å². The highest BCUT2D eigenvalue weighted by atomic mass is 32.2. The molecule has 1 aliphatic heterocycles. The van der Waals surface area contributed by atoms with Gasteiger partial charge < -0.3 is 9.47 Å². The quantitative estimate of drug-likeness (QED) is 0.502. The van der Waals surface area contributed by atoms with Gasteiger partial charge in [-0.25, -0.2) is 8.42 Å². The molecule has 0 amide bonds. The normalized spacial score (nSPS) is 16.3. The largest absolute Gasteiger partial charge is 0.491 e. The van der Waals surface area contributed by atoms with Crippen molar-refractivity contribution in [3.05, 3.63) is 59.7 Å². The van der Waals surface area contributed by atoms with Gasteiger partial charge in [-0.2, -0.15) is 17.5 Å². The molecular formula is C23H29F3N2O4S. The predicted molar refractivity (Wildman–Crippen MR) is 119 cm³/mol. The molecule has 33 heavy (non-hydrogen) atoms. The Kier molecular flexibility index (Phi) is 8.38. The Bertz CT molecular complexity index is 1010. The molecule has 0 aliphatic carbocycles. The molecule has 2 aromatic carbocycles. The molecule has 1 fully saturated rings. The van der Waals surface area contributed by atoms with Crippen LogP contribution in [0.2, 0.25) is 0 Å². The molecule has 3 rings (SSSR count). The maximum absolute atomic E-state index is 13.0. The monoisotopic (exact) mass is 486 g/mol. The highest BCUT2D eigenvalue weighted by molar-refractivity contribution is 7.89. The van der Waals surface area contributed by atoms with Crippen molar-refractivity contribution in [2.24, 2.45) is 0 Å². The van der Waals surface area contributed by atoms with Crippen LogP contribution in [-0.4, -0.2) is 64.1 Å². The smallest absolute Gasteiger partial charge is 0.416 e. The molecule has 0 atom stereocenters. The third kappa shape index (κ3) is 6.69. The Morgan fingerprint density at radius 1 is 1.06 bits per heavy atom. The lowest BCUT2D eigenvalue weighted by Crippen LogP contribution is -2.45. The van der Waals surface area contributed by atoms with E-state index in [1.54, 1.807) is 25.3 Å². The second kappa shape index (κ2) is 10.9. The van der Waals surface area contributed by atoms with Gasteiger partial charge in [0, 0.05) is 32.8 Å². The van der Waals surface area contributed by atoms with Crippen LogP contribution in [0.15, 0.2) is 53.4 Å². The summed E-state index contributed by atoms with van der Waals surface area (Å²) in [5.41, 5.74) is -0.0837. The summed E-state index contributed by atoms with van der Waals surface area (Å²) < 4.78 is 76.7. The van der Waals surface area contributed by atoms with E-state index in [-0.39, 0.29) is 10.9 Å². The molecule has 0 N–H and O–H groups in total. The van der Waals surface area contributed by atoms with Crippen LogP contribution < -0.4 is 4.74 Å². The summed E-state index contributed by atoms with van der Waals surface area (Å²) in [7, 11) is -0.191. The average molecular weight is 487 g/mol. The Hall–Kier alpha value is -2.14. The number of alkyl halides is 3. The Labute approximate surface area is 193 Å². The number of sulfonamides is 1. The molecule has 0 aromatic heterocycles. The van der Waals surface area contributed by atoms with Gasteiger partial charge in [-0.3, -0.25) is 4.90 Å². The van der Waals surface area contributed by atoms with Crippen molar-refractivity contribution in [2.75, 3.05) is 40.5 Å². The van der Waals surface area contributed by atoms with E-state index in [2.05, 4.69) is 0 Å². The highest BCUT2D eigenvalue weighted by Gasteiger charge is 2.32. The molecule has 2 aromatic rings. The topological polar surface area (TPSA) is 59.1 Å². The fourth-order valence-corrected chi connectivity index (χ4v) is 5.36. The summed E-state index contributed by atoms with van der Waals surface area (Å²) in [5.74, 6) is 0.570. The number of rotatable bonds is 9. The van der Waals surface area contributed by atoms with Crippen molar-refractivity contribution >= 4 is 10.0 Å². The van der Waals surface area contributed by atoms with Gasteiger partial charge >= 0.3 is 6.18 Å². The van der Waals surface area contributed by atoms with Gasteiger partial charge in [0.2, 0.25) is 10.0 Å². The summed E-state index contributed by atoms with van der Waals surface area (Å²) in [6.07, 6.45) is -3.16. The van der Waals surface area contributed by atoms with Crippen LogP contribution in [0, 0.1) is 0 Å². The number of hydrogen-bond acceptors (Lipinski definition) is 5. The maximum Gasteiger partial charge on any atom is 0.416 e. The summed E-state index contributed by atoms with van der Waals surface area (Å²) in [5, 5.41) is 0. The molecular weight excluding hydrogens is 457 g/mol. The van der Waals surface area contributed by atoms with Crippen molar-refractivity contribution in [1.82, 2.24) is 9.21 Å². The van der Waals surface area contributed by atoms with Gasteiger partial charge in [0.25, 0.3) is 0 Å².